The summed E-state index contributed by atoms with van der Waals surface area (Å²) in [4.78, 5) is 15.9. The highest BCUT2D eigenvalue weighted by atomic mass is 19.1. The zero-order valence-corrected chi connectivity index (χ0v) is 11.9. The Kier molecular flexibility index (Phi) is 3.18. The Morgan fingerprint density at radius 2 is 2.23 bits per heavy atom. The molecule has 2 aromatic heterocycles. The fourth-order valence-electron chi connectivity index (χ4n) is 3.36. The molecule has 0 spiro atoms. The SMILES string of the molecule is O=C(N[C@@H]1C[C@H]2CC[C@@H]1N2)c1ccc(-c2ccc(F)nc2)o1. The Hall–Kier alpha value is -2.21. The molecule has 2 aliphatic rings. The number of nitrogens with one attached hydrogen (secondary N) is 2. The average molecular weight is 301 g/mol. The van der Waals surface area contributed by atoms with E-state index in [9.17, 15) is 9.18 Å². The summed E-state index contributed by atoms with van der Waals surface area (Å²) in [6, 6.07) is 7.25. The third-order valence-corrected chi connectivity index (χ3v) is 4.46. The third-order valence-electron chi connectivity index (χ3n) is 4.46. The van der Waals surface area contributed by atoms with E-state index in [-0.39, 0.29) is 17.7 Å². The summed E-state index contributed by atoms with van der Waals surface area (Å²) in [5.74, 6) is 0.0172. The first-order chi connectivity index (χ1) is 10.7. The molecule has 2 saturated heterocycles. The molecule has 4 heterocycles. The van der Waals surface area contributed by atoms with E-state index in [2.05, 4.69) is 15.6 Å². The number of hydrogen-bond acceptors (Lipinski definition) is 4. The van der Waals surface area contributed by atoms with Crippen LogP contribution in [0.2, 0.25) is 0 Å². The van der Waals surface area contributed by atoms with Crippen molar-refractivity contribution in [3.8, 4) is 11.3 Å². The first-order valence-electron chi connectivity index (χ1n) is 7.48. The Morgan fingerprint density at radius 1 is 1.32 bits per heavy atom. The van der Waals surface area contributed by atoms with Gasteiger partial charge in [-0.25, -0.2) is 4.98 Å². The summed E-state index contributed by atoms with van der Waals surface area (Å²) in [5.41, 5.74) is 0.641. The summed E-state index contributed by atoms with van der Waals surface area (Å²) in [5, 5.41) is 6.51. The number of hydrogen-bond donors (Lipinski definition) is 2. The number of amides is 1. The Balaban J connectivity index is 1.46. The molecule has 5 nitrogen and oxygen atoms in total. The molecule has 114 valence electrons. The number of carbonyl (C=O) groups excluding carboxylic acids is 1. The van der Waals surface area contributed by atoms with Crippen molar-refractivity contribution in [3.05, 3.63) is 42.2 Å². The van der Waals surface area contributed by atoms with Crippen LogP contribution in [0.15, 0.2) is 34.9 Å². The lowest BCUT2D eigenvalue weighted by Crippen LogP contribution is -2.42. The van der Waals surface area contributed by atoms with Gasteiger partial charge in [-0.1, -0.05) is 0 Å². The van der Waals surface area contributed by atoms with E-state index in [1.165, 1.54) is 18.7 Å². The van der Waals surface area contributed by atoms with Crippen molar-refractivity contribution in [1.29, 1.82) is 0 Å². The minimum absolute atomic E-state index is 0.173. The minimum atomic E-state index is -0.544. The molecule has 4 rings (SSSR count). The lowest BCUT2D eigenvalue weighted by Gasteiger charge is -2.20. The smallest absolute Gasteiger partial charge is 0.287 e. The predicted octanol–water partition coefficient (Wildman–Crippen LogP) is 2.10. The summed E-state index contributed by atoms with van der Waals surface area (Å²) in [6.07, 6.45) is 4.67. The van der Waals surface area contributed by atoms with Crippen molar-refractivity contribution in [2.75, 3.05) is 0 Å². The zero-order chi connectivity index (χ0) is 15.1. The molecule has 3 atom stereocenters. The molecule has 0 aromatic carbocycles. The van der Waals surface area contributed by atoms with Crippen molar-refractivity contribution in [2.24, 2.45) is 0 Å². The van der Waals surface area contributed by atoms with E-state index in [1.54, 1.807) is 18.2 Å². The number of aromatic nitrogens is 1. The topological polar surface area (TPSA) is 67.2 Å². The van der Waals surface area contributed by atoms with E-state index in [1.807, 2.05) is 0 Å². The lowest BCUT2D eigenvalue weighted by atomic mass is 9.95. The molecule has 2 fully saturated rings. The second-order valence-electron chi connectivity index (χ2n) is 5.90. The quantitative estimate of drug-likeness (QED) is 0.852. The number of halogens is 1. The van der Waals surface area contributed by atoms with E-state index in [4.69, 9.17) is 4.42 Å². The van der Waals surface area contributed by atoms with E-state index < -0.39 is 5.95 Å². The normalized spacial score (nSPS) is 26.3. The Bertz CT molecular complexity index is 698. The summed E-state index contributed by atoms with van der Waals surface area (Å²) < 4.78 is 18.4. The van der Waals surface area contributed by atoms with Crippen molar-refractivity contribution in [1.82, 2.24) is 15.6 Å². The Morgan fingerprint density at radius 3 is 2.91 bits per heavy atom. The summed E-state index contributed by atoms with van der Waals surface area (Å²) >= 11 is 0. The van der Waals surface area contributed by atoms with Crippen LogP contribution in [0.4, 0.5) is 4.39 Å². The second kappa shape index (κ2) is 5.21. The number of pyridine rings is 1. The highest BCUT2D eigenvalue weighted by Gasteiger charge is 2.39. The summed E-state index contributed by atoms with van der Waals surface area (Å²) in [7, 11) is 0. The molecular weight excluding hydrogens is 285 g/mol. The van der Waals surface area contributed by atoms with Gasteiger partial charge in [0, 0.05) is 29.9 Å². The largest absolute Gasteiger partial charge is 0.451 e. The monoisotopic (exact) mass is 301 g/mol. The van der Waals surface area contributed by atoms with Crippen LogP contribution < -0.4 is 10.6 Å². The zero-order valence-electron chi connectivity index (χ0n) is 11.9. The average Bonchev–Trinajstić information content (AvgIpc) is 3.24. The molecule has 0 aliphatic carbocycles. The van der Waals surface area contributed by atoms with E-state index in [0.29, 0.717) is 23.4 Å². The molecule has 0 radical (unpaired) electrons. The highest BCUT2D eigenvalue weighted by Crippen LogP contribution is 2.28. The minimum Gasteiger partial charge on any atom is -0.451 e. The molecule has 2 aromatic rings. The number of carbonyl (C=O) groups is 1. The maximum absolute atomic E-state index is 12.8. The van der Waals surface area contributed by atoms with Crippen molar-refractivity contribution < 1.29 is 13.6 Å². The van der Waals surface area contributed by atoms with Crippen LogP contribution in [0.1, 0.15) is 29.8 Å². The Labute approximate surface area is 126 Å². The first kappa shape index (κ1) is 13.5. The van der Waals surface area contributed by atoms with Gasteiger partial charge in [0.25, 0.3) is 5.91 Å². The number of furan rings is 1. The fraction of sp³-hybridized carbons (Fsp3) is 0.375. The molecule has 0 saturated carbocycles. The number of nitrogens with zero attached hydrogens (tertiary/aromatic N) is 1. The highest BCUT2D eigenvalue weighted by molar-refractivity contribution is 5.92. The number of fused-ring (bicyclic) bond motifs is 2. The van der Waals surface area contributed by atoms with Crippen LogP contribution in [0.3, 0.4) is 0 Å². The van der Waals surface area contributed by atoms with Gasteiger partial charge in [0.1, 0.15) is 5.76 Å². The van der Waals surface area contributed by atoms with Crippen LogP contribution >= 0.6 is 0 Å². The molecule has 1 amide bonds. The maximum atomic E-state index is 12.8. The first-order valence-corrected chi connectivity index (χ1v) is 7.48. The van der Waals surface area contributed by atoms with Gasteiger partial charge in [0.2, 0.25) is 5.95 Å². The van der Waals surface area contributed by atoms with Gasteiger partial charge in [-0.15, -0.1) is 0 Å². The fourth-order valence-corrected chi connectivity index (χ4v) is 3.36. The molecule has 2 bridgehead atoms. The lowest BCUT2D eigenvalue weighted by molar-refractivity contribution is 0.0903. The molecule has 22 heavy (non-hydrogen) atoms. The van der Waals surface area contributed by atoms with Crippen LogP contribution in [-0.4, -0.2) is 29.0 Å². The van der Waals surface area contributed by atoms with Gasteiger partial charge in [-0.05, 0) is 43.5 Å². The third kappa shape index (κ3) is 2.39. The van der Waals surface area contributed by atoms with Crippen LogP contribution in [0, 0.1) is 5.95 Å². The maximum Gasteiger partial charge on any atom is 0.287 e. The molecule has 6 heteroatoms. The van der Waals surface area contributed by atoms with Crippen LogP contribution in [0.25, 0.3) is 11.3 Å². The van der Waals surface area contributed by atoms with Gasteiger partial charge in [-0.3, -0.25) is 4.79 Å². The second-order valence-corrected chi connectivity index (χ2v) is 5.90. The van der Waals surface area contributed by atoms with E-state index >= 15 is 0 Å². The van der Waals surface area contributed by atoms with Gasteiger partial charge in [-0.2, -0.15) is 4.39 Å². The molecule has 2 N–H and O–H groups in total. The predicted molar refractivity (Wildman–Crippen MR) is 77.7 cm³/mol. The van der Waals surface area contributed by atoms with Gasteiger partial charge in [0.15, 0.2) is 5.76 Å². The van der Waals surface area contributed by atoms with Crippen LogP contribution in [0.5, 0.6) is 0 Å². The van der Waals surface area contributed by atoms with Gasteiger partial charge in [0.05, 0.1) is 0 Å². The molecular formula is C16H16FN3O2. The standard InChI is InChI=1S/C16H16FN3O2/c17-15-6-1-9(8-18-15)13-4-5-14(22-13)16(21)20-12-7-10-2-3-11(12)19-10/h1,4-6,8,10-12,19H,2-3,7H2,(H,20,21)/t10-,11+,12-/m1/s1. The van der Waals surface area contributed by atoms with Crippen molar-refractivity contribution in [3.63, 3.8) is 0 Å². The van der Waals surface area contributed by atoms with Gasteiger partial charge < -0.3 is 15.1 Å². The molecule has 2 aliphatic heterocycles. The van der Waals surface area contributed by atoms with Crippen molar-refractivity contribution >= 4 is 5.91 Å². The molecule has 0 unspecified atom stereocenters. The summed E-state index contributed by atoms with van der Waals surface area (Å²) in [6.45, 7) is 0. The number of rotatable bonds is 3. The van der Waals surface area contributed by atoms with Crippen LogP contribution in [-0.2, 0) is 0 Å². The van der Waals surface area contributed by atoms with Crippen molar-refractivity contribution in [2.45, 2.75) is 37.4 Å². The van der Waals surface area contributed by atoms with Gasteiger partial charge >= 0.3 is 0 Å². The van der Waals surface area contributed by atoms with E-state index in [0.717, 1.165) is 12.8 Å².